The average molecular weight is 249 g/mol. The number of carbonyl (C=O) groups excluding carboxylic acids is 1. The van der Waals surface area contributed by atoms with Crippen molar-refractivity contribution in [1.29, 1.82) is 0 Å². The number of amides is 1. The Hall–Kier alpha value is -1.65. The van der Waals surface area contributed by atoms with E-state index in [0.717, 1.165) is 25.1 Å². The van der Waals surface area contributed by atoms with Crippen LogP contribution in [0.2, 0.25) is 0 Å². The van der Waals surface area contributed by atoms with Crippen molar-refractivity contribution >= 4 is 5.91 Å². The molecule has 1 fully saturated rings. The molecular formula is C13H19N3O2. The Morgan fingerprint density at radius 3 is 2.89 bits per heavy atom. The van der Waals surface area contributed by atoms with Crippen molar-refractivity contribution in [2.75, 3.05) is 13.1 Å². The Morgan fingerprint density at radius 2 is 2.22 bits per heavy atom. The van der Waals surface area contributed by atoms with E-state index >= 15 is 0 Å². The number of rotatable bonds is 2. The molecule has 5 nitrogen and oxygen atoms in total. The van der Waals surface area contributed by atoms with Crippen LogP contribution in [0.5, 0.6) is 5.88 Å². The smallest absolute Gasteiger partial charge is 0.219 e. The van der Waals surface area contributed by atoms with Gasteiger partial charge in [0.05, 0.1) is 6.54 Å². The predicted octanol–water partition coefficient (Wildman–Crippen LogP) is 1.48. The summed E-state index contributed by atoms with van der Waals surface area (Å²) in [5, 5.41) is 0. The Labute approximate surface area is 107 Å². The molecule has 1 amide bonds. The number of piperidine rings is 1. The molecule has 1 saturated heterocycles. The molecule has 0 aromatic carbocycles. The molecule has 18 heavy (non-hydrogen) atoms. The number of carbonyl (C=O) groups is 1. The topological polar surface area (TPSA) is 55.3 Å². The van der Waals surface area contributed by atoms with Gasteiger partial charge >= 0.3 is 0 Å². The van der Waals surface area contributed by atoms with Crippen LogP contribution in [0.4, 0.5) is 0 Å². The molecule has 1 aliphatic rings. The lowest BCUT2D eigenvalue weighted by Crippen LogP contribution is -2.43. The largest absolute Gasteiger partial charge is 0.472 e. The first-order chi connectivity index (χ1) is 8.54. The molecule has 0 unspecified atom stereocenters. The minimum atomic E-state index is 0.0383. The number of aromatic nitrogens is 2. The third kappa shape index (κ3) is 3.18. The van der Waals surface area contributed by atoms with E-state index in [0.29, 0.717) is 18.2 Å². The van der Waals surface area contributed by atoms with E-state index in [-0.39, 0.29) is 12.0 Å². The maximum absolute atomic E-state index is 11.3. The molecule has 1 aliphatic heterocycles. The molecule has 2 heterocycles. The van der Waals surface area contributed by atoms with Crippen LogP contribution in [0.25, 0.3) is 0 Å². The van der Waals surface area contributed by atoms with E-state index in [1.807, 2.05) is 24.8 Å². The van der Waals surface area contributed by atoms with Gasteiger partial charge in [0.25, 0.3) is 0 Å². The predicted molar refractivity (Wildman–Crippen MR) is 67.4 cm³/mol. The lowest BCUT2D eigenvalue weighted by atomic mass is 10.1. The number of likely N-dealkylation sites (tertiary alicyclic amines) is 1. The second kappa shape index (κ2) is 5.33. The van der Waals surface area contributed by atoms with Crippen LogP contribution in [0.15, 0.2) is 6.07 Å². The molecule has 98 valence electrons. The first-order valence-corrected chi connectivity index (χ1v) is 6.29. The van der Waals surface area contributed by atoms with Crippen LogP contribution in [0, 0.1) is 13.8 Å². The quantitative estimate of drug-likeness (QED) is 0.796. The number of ether oxygens (including phenoxy) is 1. The van der Waals surface area contributed by atoms with E-state index in [1.54, 1.807) is 6.92 Å². The highest BCUT2D eigenvalue weighted by atomic mass is 16.5. The normalized spacial score (nSPS) is 19.7. The Morgan fingerprint density at radius 1 is 1.44 bits per heavy atom. The third-order valence-electron chi connectivity index (χ3n) is 3.05. The fraction of sp³-hybridized carbons (Fsp3) is 0.615. The van der Waals surface area contributed by atoms with Gasteiger partial charge in [-0.15, -0.1) is 0 Å². The molecule has 1 aromatic heterocycles. The highest BCUT2D eigenvalue weighted by molar-refractivity contribution is 5.73. The van der Waals surface area contributed by atoms with E-state index in [9.17, 15) is 4.79 Å². The Balaban J connectivity index is 2.02. The molecule has 0 spiro atoms. The van der Waals surface area contributed by atoms with Gasteiger partial charge in [-0.05, 0) is 26.7 Å². The SMILES string of the molecule is CC(=O)N1CCC[C@@H](Oc2cc(C)nc(C)n2)C1. The summed E-state index contributed by atoms with van der Waals surface area (Å²) in [6.07, 6.45) is 1.98. The van der Waals surface area contributed by atoms with Crippen molar-refractivity contribution in [2.45, 2.75) is 39.7 Å². The Kier molecular flexibility index (Phi) is 3.79. The minimum Gasteiger partial charge on any atom is -0.472 e. The summed E-state index contributed by atoms with van der Waals surface area (Å²) in [4.78, 5) is 21.7. The summed E-state index contributed by atoms with van der Waals surface area (Å²) in [7, 11) is 0. The highest BCUT2D eigenvalue weighted by Gasteiger charge is 2.23. The summed E-state index contributed by atoms with van der Waals surface area (Å²) in [6, 6.07) is 1.83. The lowest BCUT2D eigenvalue weighted by Gasteiger charge is -2.31. The van der Waals surface area contributed by atoms with Crippen LogP contribution in [0.3, 0.4) is 0 Å². The summed E-state index contributed by atoms with van der Waals surface area (Å²) in [6.45, 7) is 6.85. The van der Waals surface area contributed by atoms with Gasteiger partial charge in [0.1, 0.15) is 11.9 Å². The summed E-state index contributed by atoms with van der Waals surface area (Å²) in [5.41, 5.74) is 0.900. The lowest BCUT2D eigenvalue weighted by molar-refractivity contribution is -0.131. The van der Waals surface area contributed by atoms with Crippen LogP contribution < -0.4 is 4.74 Å². The molecule has 0 aliphatic carbocycles. The molecule has 5 heteroatoms. The fourth-order valence-electron chi connectivity index (χ4n) is 2.23. The summed E-state index contributed by atoms with van der Waals surface area (Å²) >= 11 is 0. The van der Waals surface area contributed by atoms with Crippen LogP contribution >= 0.6 is 0 Å². The second-order valence-electron chi connectivity index (χ2n) is 4.74. The van der Waals surface area contributed by atoms with E-state index in [4.69, 9.17) is 4.74 Å². The molecule has 0 radical (unpaired) electrons. The average Bonchev–Trinajstić information content (AvgIpc) is 2.27. The van der Waals surface area contributed by atoms with Crippen molar-refractivity contribution in [3.8, 4) is 5.88 Å². The summed E-state index contributed by atoms with van der Waals surface area (Å²) < 4.78 is 5.85. The van der Waals surface area contributed by atoms with Crippen LogP contribution in [-0.2, 0) is 4.79 Å². The zero-order chi connectivity index (χ0) is 13.1. The zero-order valence-electron chi connectivity index (χ0n) is 11.1. The van der Waals surface area contributed by atoms with E-state index in [1.165, 1.54) is 0 Å². The maximum atomic E-state index is 11.3. The number of aryl methyl sites for hydroxylation is 2. The molecule has 1 aromatic rings. The molecule has 2 rings (SSSR count). The molecule has 0 saturated carbocycles. The van der Waals surface area contributed by atoms with E-state index < -0.39 is 0 Å². The van der Waals surface area contributed by atoms with Crippen LogP contribution in [-0.4, -0.2) is 40.0 Å². The number of nitrogens with zero attached hydrogens (tertiary/aromatic N) is 3. The van der Waals surface area contributed by atoms with Crippen LogP contribution in [0.1, 0.15) is 31.3 Å². The van der Waals surface area contributed by atoms with Gasteiger partial charge < -0.3 is 9.64 Å². The van der Waals surface area contributed by atoms with Gasteiger partial charge in [0.15, 0.2) is 0 Å². The van der Waals surface area contributed by atoms with Crippen molar-refractivity contribution in [2.24, 2.45) is 0 Å². The van der Waals surface area contributed by atoms with Crippen molar-refractivity contribution in [1.82, 2.24) is 14.9 Å². The van der Waals surface area contributed by atoms with Gasteiger partial charge in [-0.25, -0.2) is 4.98 Å². The van der Waals surface area contributed by atoms with Crippen molar-refractivity contribution in [3.63, 3.8) is 0 Å². The molecule has 0 N–H and O–H groups in total. The maximum Gasteiger partial charge on any atom is 0.219 e. The molecular weight excluding hydrogens is 230 g/mol. The first kappa shape index (κ1) is 12.8. The van der Waals surface area contributed by atoms with Crippen molar-refractivity contribution < 1.29 is 9.53 Å². The standard InChI is InChI=1S/C13H19N3O2/c1-9-7-13(15-10(2)14-9)18-12-5-4-6-16(8-12)11(3)17/h7,12H,4-6,8H2,1-3H3/t12-/m1/s1. The molecule has 1 atom stereocenters. The number of hydrogen-bond donors (Lipinski definition) is 0. The van der Waals surface area contributed by atoms with Gasteiger partial charge in [-0.2, -0.15) is 4.98 Å². The van der Waals surface area contributed by atoms with Gasteiger partial charge in [0, 0.05) is 25.2 Å². The number of hydrogen-bond acceptors (Lipinski definition) is 4. The monoisotopic (exact) mass is 249 g/mol. The van der Waals surface area contributed by atoms with Gasteiger partial charge in [0.2, 0.25) is 11.8 Å². The molecule has 0 bridgehead atoms. The first-order valence-electron chi connectivity index (χ1n) is 6.29. The highest BCUT2D eigenvalue weighted by Crippen LogP contribution is 2.17. The minimum absolute atomic E-state index is 0.0383. The second-order valence-corrected chi connectivity index (χ2v) is 4.74. The summed E-state index contributed by atoms with van der Waals surface area (Å²) in [5.74, 6) is 1.43. The van der Waals surface area contributed by atoms with Gasteiger partial charge in [-0.3, -0.25) is 4.79 Å². The van der Waals surface area contributed by atoms with Crippen molar-refractivity contribution in [3.05, 3.63) is 17.6 Å². The third-order valence-corrected chi connectivity index (χ3v) is 3.05. The van der Waals surface area contributed by atoms with E-state index in [2.05, 4.69) is 9.97 Å². The Bertz CT molecular complexity index is 428. The zero-order valence-corrected chi connectivity index (χ0v) is 11.1. The van der Waals surface area contributed by atoms with Gasteiger partial charge in [-0.1, -0.05) is 0 Å². The fourth-order valence-corrected chi connectivity index (χ4v) is 2.23.